The molecule has 0 fully saturated rings. The molecule has 0 heterocycles. The molecule has 23 heavy (non-hydrogen) atoms. The summed E-state index contributed by atoms with van der Waals surface area (Å²) in [7, 11) is 0. The fourth-order valence-electron chi connectivity index (χ4n) is 2.14. The first kappa shape index (κ1) is 16.5. The Morgan fingerprint density at radius 2 is 1.74 bits per heavy atom. The second-order valence-electron chi connectivity index (χ2n) is 4.99. The molecular formula is C19H19NO3. The van der Waals surface area contributed by atoms with Crippen LogP contribution in [0.25, 0.3) is 0 Å². The van der Waals surface area contributed by atoms with E-state index in [9.17, 15) is 9.59 Å². The molecular weight excluding hydrogens is 290 g/mol. The van der Waals surface area contributed by atoms with E-state index in [4.69, 9.17) is 4.74 Å². The van der Waals surface area contributed by atoms with Crippen LogP contribution in [0.5, 0.6) is 0 Å². The Bertz CT molecular complexity index is 680. The number of esters is 1. The molecule has 1 N–H and O–H groups in total. The van der Waals surface area contributed by atoms with Gasteiger partial charge in [-0.2, -0.15) is 0 Å². The molecule has 0 aromatic heterocycles. The van der Waals surface area contributed by atoms with Crippen LogP contribution in [-0.4, -0.2) is 25.0 Å². The van der Waals surface area contributed by atoms with Crippen LogP contribution in [0.4, 0.5) is 0 Å². The van der Waals surface area contributed by atoms with Crippen molar-refractivity contribution in [3.8, 4) is 0 Å². The quantitative estimate of drug-likeness (QED) is 0.632. The average Bonchev–Trinajstić information content (AvgIpc) is 2.59. The van der Waals surface area contributed by atoms with Gasteiger partial charge >= 0.3 is 5.97 Å². The number of ether oxygens (including phenoxy) is 1. The summed E-state index contributed by atoms with van der Waals surface area (Å²) in [6, 6.07) is 17.1. The van der Waals surface area contributed by atoms with E-state index in [1.807, 2.05) is 42.5 Å². The SMILES string of the molecule is C=CCNC(=O)COC(=O)c1ccccc1Cc1ccccc1. The highest BCUT2D eigenvalue weighted by Gasteiger charge is 2.14. The summed E-state index contributed by atoms with van der Waals surface area (Å²) >= 11 is 0. The van der Waals surface area contributed by atoms with E-state index in [2.05, 4.69) is 11.9 Å². The van der Waals surface area contributed by atoms with Gasteiger partial charge in [0.2, 0.25) is 0 Å². The maximum absolute atomic E-state index is 12.2. The molecule has 1 amide bonds. The molecule has 0 bridgehead atoms. The lowest BCUT2D eigenvalue weighted by atomic mass is 10.00. The molecule has 0 aliphatic rings. The normalized spacial score (nSPS) is 9.91. The predicted molar refractivity (Wildman–Crippen MR) is 89.2 cm³/mol. The van der Waals surface area contributed by atoms with Crippen molar-refractivity contribution in [1.82, 2.24) is 5.32 Å². The van der Waals surface area contributed by atoms with Gasteiger partial charge in [-0.15, -0.1) is 6.58 Å². The highest BCUT2D eigenvalue weighted by atomic mass is 16.5. The molecule has 4 heteroatoms. The second kappa shape index (κ2) is 8.54. The first-order chi connectivity index (χ1) is 11.2. The Hall–Kier alpha value is -2.88. The summed E-state index contributed by atoms with van der Waals surface area (Å²) < 4.78 is 5.08. The predicted octanol–water partition coefficient (Wildman–Crippen LogP) is 2.74. The molecule has 4 nitrogen and oxygen atoms in total. The Balaban J connectivity index is 2.03. The van der Waals surface area contributed by atoms with Gasteiger partial charge in [-0.1, -0.05) is 54.6 Å². The van der Waals surface area contributed by atoms with Crippen LogP contribution in [0.15, 0.2) is 67.3 Å². The van der Waals surface area contributed by atoms with Crippen molar-refractivity contribution < 1.29 is 14.3 Å². The van der Waals surface area contributed by atoms with Gasteiger partial charge in [0, 0.05) is 6.54 Å². The topological polar surface area (TPSA) is 55.4 Å². The molecule has 2 rings (SSSR count). The van der Waals surface area contributed by atoms with Crippen LogP contribution in [0.2, 0.25) is 0 Å². The number of rotatable bonds is 7. The maximum Gasteiger partial charge on any atom is 0.338 e. The number of hydrogen-bond acceptors (Lipinski definition) is 3. The van der Waals surface area contributed by atoms with Crippen molar-refractivity contribution in [2.75, 3.05) is 13.2 Å². The minimum atomic E-state index is -0.495. The zero-order chi connectivity index (χ0) is 16.5. The van der Waals surface area contributed by atoms with Crippen molar-refractivity contribution in [2.24, 2.45) is 0 Å². The molecule has 118 valence electrons. The summed E-state index contributed by atoms with van der Waals surface area (Å²) in [5.41, 5.74) is 2.46. The van der Waals surface area contributed by atoms with Crippen molar-refractivity contribution >= 4 is 11.9 Å². The third kappa shape index (κ3) is 5.11. The molecule has 2 aromatic carbocycles. The first-order valence-corrected chi connectivity index (χ1v) is 7.37. The van der Waals surface area contributed by atoms with Gasteiger partial charge in [-0.25, -0.2) is 4.79 Å². The van der Waals surface area contributed by atoms with Crippen LogP contribution in [0.3, 0.4) is 0 Å². The van der Waals surface area contributed by atoms with Gasteiger partial charge in [-0.05, 0) is 23.6 Å². The molecule has 0 atom stereocenters. The van der Waals surface area contributed by atoms with Crippen molar-refractivity contribution in [2.45, 2.75) is 6.42 Å². The summed E-state index contributed by atoms with van der Waals surface area (Å²) in [4.78, 5) is 23.7. The molecule has 0 saturated heterocycles. The number of carbonyl (C=O) groups excluding carboxylic acids is 2. The molecule has 0 radical (unpaired) electrons. The Morgan fingerprint density at radius 3 is 2.48 bits per heavy atom. The molecule has 0 saturated carbocycles. The number of hydrogen-bond donors (Lipinski definition) is 1. The van der Waals surface area contributed by atoms with Gasteiger partial charge in [0.25, 0.3) is 5.91 Å². The van der Waals surface area contributed by atoms with Crippen LogP contribution in [-0.2, 0) is 16.0 Å². The lowest BCUT2D eigenvalue weighted by molar-refractivity contribution is -0.124. The van der Waals surface area contributed by atoms with Crippen molar-refractivity contribution in [1.29, 1.82) is 0 Å². The van der Waals surface area contributed by atoms with Gasteiger partial charge in [-0.3, -0.25) is 4.79 Å². The number of carbonyl (C=O) groups is 2. The molecule has 0 unspecified atom stereocenters. The lowest BCUT2D eigenvalue weighted by Gasteiger charge is -2.10. The van der Waals surface area contributed by atoms with Crippen molar-refractivity contribution in [3.63, 3.8) is 0 Å². The zero-order valence-electron chi connectivity index (χ0n) is 12.8. The lowest BCUT2D eigenvalue weighted by Crippen LogP contribution is -2.28. The second-order valence-corrected chi connectivity index (χ2v) is 4.99. The van der Waals surface area contributed by atoms with Crippen molar-refractivity contribution in [3.05, 3.63) is 83.9 Å². The number of benzene rings is 2. The third-order valence-electron chi connectivity index (χ3n) is 3.25. The van der Waals surface area contributed by atoms with Gasteiger partial charge < -0.3 is 10.1 Å². The largest absolute Gasteiger partial charge is 0.452 e. The molecule has 0 spiro atoms. The summed E-state index contributed by atoms with van der Waals surface area (Å²) in [5, 5.41) is 2.56. The molecule has 0 aliphatic carbocycles. The van der Waals surface area contributed by atoms with E-state index >= 15 is 0 Å². The standard InChI is InChI=1S/C19H19NO3/c1-2-12-20-18(21)14-23-19(22)17-11-7-6-10-16(17)13-15-8-4-3-5-9-15/h2-11H,1,12-14H2,(H,20,21). The van der Waals surface area contributed by atoms with Gasteiger partial charge in [0.05, 0.1) is 5.56 Å². The first-order valence-electron chi connectivity index (χ1n) is 7.37. The minimum Gasteiger partial charge on any atom is -0.452 e. The minimum absolute atomic E-state index is 0.299. The Labute approximate surface area is 135 Å². The van der Waals surface area contributed by atoms with Crippen LogP contribution >= 0.6 is 0 Å². The summed E-state index contributed by atoms with van der Waals surface area (Å²) in [6.45, 7) is 3.55. The van der Waals surface area contributed by atoms with E-state index < -0.39 is 5.97 Å². The van der Waals surface area contributed by atoms with Crippen LogP contribution < -0.4 is 5.32 Å². The maximum atomic E-state index is 12.2. The monoisotopic (exact) mass is 309 g/mol. The Morgan fingerprint density at radius 1 is 1.04 bits per heavy atom. The van der Waals surface area contributed by atoms with E-state index in [1.165, 1.54) is 0 Å². The summed E-state index contributed by atoms with van der Waals surface area (Å²) in [6.07, 6.45) is 2.20. The number of amides is 1. The smallest absolute Gasteiger partial charge is 0.338 e. The Kier molecular flexibility index (Phi) is 6.12. The van der Waals surface area contributed by atoms with E-state index in [-0.39, 0.29) is 12.5 Å². The fraction of sp³-hybridized carbons (Fsp3) is 0.158. The highest BCUT2D eigenvalue weighted by Crippen LogP contribution is 2.15. The van der Waals surface area contributed by atoms with E-state index in [0.717, 1.165) is 11.1 Å². The van der Waals surface area contributed by atoms with Gasteiger partial charge in [0.1, 0.15) is 0 Å². The average molecular weight is 309 g/mol. The van der Waals surface area contributed by atoms with E-state index in [1.54, 1.807) is 18.2 Å². The number of nitrogens with one attached hydrogen (secondary N) is 1. The van der Waals surface area contributed by atoms with Crippen LogP contribution in [0, 0.1) is 0 Å². The summed E-state index contributed by atoms with van der Waals surface area (Å²) in [5.74, 6) is -0.843. The molecule has 0 aliphatic heterocycles. The molecule has 2 aromatic rings. The highest BCUT2D eigenvalue weighted by molar-refractivity contribution is 5.92. The van der Waals surface area contributed by atoms with Crippen LogP contribution in [0.1, 0.15) is 21.5 Å². The van der Waals surface area contributed by atoms with Gasteiger partial charge in [0.15, 0.2) is 6.61 Å². The third-order valence-corrected chi connectivity index (χ3v) is 3.25. The van der Waals surface area contributed by atoms with E-state index in [0.29, 0.717) is 18.5 Å². The zero-order valence-corrected chi connectivity index (χ0v) is 12.8. The fourth-order valence-corrected chi connectivity index (χ4v) is 2.14.